The summed E-state index contributed by atoms with van der Waals surface area (Å²) in [5, 5.41) is 0. The monoisotopic (exact) mass is 452 g/mol. The maximum Gasteiger partial charge on any atom is 0.201 e. The van der Waals surface area contributed by atoms with Gasteiger partial charge < -0.3 is 4.74 Å². The van der Waals surface area contributed by atoms with E-state index in [1.165, 1.54) is 82.1 Å². The standard InChI is InChI=1S/C30H38F2O/c1-3-5-21-6-8-22(9-7-21)23-10-12-24(13-11-23)25-14-16-26(17-15-25)27-18-19-28(33-20-4-2)30(32)29(27)31/h4,14-24H,3,5-13H2,1-2H3/b20-4+. The molecule has 0 spiro atoms. The molecule has 0 atom stereocenters. The first-order chi connectivity index (χ1) is 16.1. The first-order valence-corrected chi connectivity index (χ1v) is 13.0. The van der Waals surface area contributed by atoms with Gasteiger partial charge in [0.05, 0.1) is 6.26 Å². The molecule has 0 bridgehead atoms. The SMILES string of the molecule is C/C=C/Oc1ccc(-c2ccc(C3CCC(C4CCC(CCC)CC4)CC3)cc2)c(F)c1F. The van der Waals surface area contributed by atoms with Crippen LogP contribution in [0.4, 0.5) is 8.78 Å². The number of rotatable bonds is 7. The van der Waals surface area contributed by atoms with Gasteiger partial charge in [0, 0.05) is 5.56 Å². The minimum atomic E-state index is -0.947. The molecule has 0 unspecified atom stereocenters. The lowest BCUT2D eigenvalue weighted by atomic mass is 9.68. The summed E-state index contributed by atoms with van der Waals surface area (Å²) >= 11 is 0. The third-order valence-electron chi connectivity index (χ3n) is 8.10. The molecule has 2 aliphatic rings. The molecule has 0 aromatic heterocycles. The molecule has 33 heavy (non-hydrogen) atoms. The second kappa shape index (κ2) is 11.3. The van der Waals surface area contributed by atoms with E-state index in [0.29, 0.717) is 11.5 Å². The van der Waals surface area contributed by atoms with Crippen molar-refractivity contribution >= 4 is 0 Å². The van der Waals surface area contributed by atoms with Crippen LogP contribution in [-0.4, -0.2) is 0 Å². The lowest BCUT2D eigenvalue weighted by Crippen LogP contribution is -2.25. The minimum absolute atomic E-state index is 0.0958. The Morgan fingerprint density at radius 1 is 0.818 bits per heavy atom. The van der Waals surface area contributed by atoms with Crippen molar-refractivity contribution in [1.29, 1.82) is 0 Å². The average molecular weight is 453 g/mol. The Bertz CT molecular complexity index is 917. The molecule has 2 aliphatic carbocycles. The van der Waals surface area contributed by atoms with Gasteiger partial charge in [-0.05, 0) is 92.4 Å². The predicted octanol–water partition coefficient (Wildman–Crippen LogP) is 9.42. The molecule has 178 valence electrons. The van der Waals surface area contributed by atoms with Crippen LogP contribution < -0.4 is 4.74 Å². The van der Waals surface area contributed by atoms with Crippen LogP contribution in [0.1, 0.15) is 89.5 Å². The number of hydrogen-bond donors (Lipinski definition) is 0. The van der Waals surface area contributed by atoms with Crippen molar-refractivity contribution in [3.8, 4) is 16.9 Å². The van der Waals surface area contributed by atoms with Crippen LogP contribution in [0.5, 0.6) is 5.75 Å². The summed E-state index contributed by atoms with van der Waals surface area (Å²) in [6.45, 7) is 4.07. The number of halogens is 2. The predicted molar refractivity (Wildman–Crippen MR) is 132 cm³/mol. The highest BCUT2D eigenvalue weighted by molar-refractivity contribution is 5.65. The molecule has 0 N–H and O–H groups in total. The maximum atomic E-state index is 14.6. The van der Waals surface area contributed by atoms with E-state index in [4.69, 9.17) is 4.74 Å². The molecule has 0 aliphatic heterocycles. The lowest BCUT2D eigenvalue weighted by molar-refractivity contribution is 0.156. The smallest absolute Gasteiger partial charge is 0.201 e. The highest BCUT2D eigenvalue weighted by atomic mass is 19.2. The molecule has 2 aromatic carbocycles. The van der Waals surface area contributed by atoms with Crippen LogP contribution >= 0.6 is 0 Å². The van der Waals surface area contributed by atoms with Crippen LogP contribution in [0, 0.1) is 29.4 Å². The Morgan fingerprint density at radius 3 is 2.06 bits per heavy atom. The van der Waals surface area contributed by atoms with E-state index in [-0.39, 0.29) is 11.3 Å². The number of hydrogen-bond acceptors (Lipinski definition) is 1. The summed E-state index contributed by atoms with van der Waals surface area (Å²) in [7, 11) is 0. The zero-order chi connectivity index (χ0) is 23.2. The summed E-state index contributed by atoms with van der Waals surface area (Å²) in [4.78, 5) is 0. The fourth-order valence-electron chi connectivity index (χ4n) is 6.20. The fraction of sp³-hybridized carbons (Fsp3) is 0.533. The third-order valence-corrected chi connectivity index (χ3v) is 8.10. The molecule has 2 saturated carbocycles. The molecule has 0 amide bonds. The fourth-order valence-corrected chi connectivity index (χ4v) is 6.20. The van der Waals surface area contributed by atoms with Crippen LogP contribution in [0.25, 0.3) is 11.1 Å². The highest BCUT2D eigenvalue weighted by Gasteiger charge is 2.31. The van der Waals surface area contributed by atoms with Crippen molar-refractivity contribution in [1.82, 2.24) is 0 Å². The number of ether oxygens (including phenoxy) is 1. The van der Waals surface area contributed by atoms with Crippen molar-refractivity contribution in [2.24, 2.45) is 17.8 Å². The molecule has 2 aromatic rings. The van der Waals surface area contributed by atoms with E-state index < -0.39 is 11.6 Å². The number of benzene rings is 2. The van der Waals surface area contributed by atoms with E-state index in [9.17, 15) is 8.78 Å². The molecule has 0 radical (unpaired) electrons. The normalized spacial score (nSPS) is 25.9. The van der Waals surface area contributed by atoms with E-state index in [1.54, 1.807) is 19.1 Å². The van der Waals surface area contributed by atoms with Crippen LogP contribution in [0.15, 0.2) is 48.7 Å². The quantitative estimate of drug-likeness (QED) is 0.380. The van der Waals surface area contributed by atoms with Crippen LogP contribution in [-0.2, 0) is 0 Å². The molecule has 0 heterocycles. The van der Waals surface area contributed by atoms with Gasteiger partial charge in [-0.25, -0.2) is 4.39 Å². The Kier molecular flexibility index (Phi) is 8.22. The Morgan fingerprint density at radius 2 is 1.45 bits per heavy atom. The first-order valence-electron chi connectivity index (χ1n) is 13.0. The van der Waals surface area contributed by atoms with E-state index in [1.807, 2.05) is 12.1 Å². The zero-order valence-corrected chi connectivity index (χ0v) is 20.2. The summed E-state index contributed by atoms with van der Waals surface area (Å²) in [6, 6.07) is 11.2. The molecule has 2 fully saturated rings. The van der Waals surface area contributed by atoms with Gasteiger partial charge in [0.1, 0.15) is 0 Å². The molecule has 3 heteroatoms. The van der Waals surface area contributed by atoms with Gasteiger partial charge in [-0.3, -0.25) is 0 Å². The average Bonchev–Trinajstić information content (AvgIpc) is 2.86. The largest absolute Gasteiger partial charge is 0.462 e. The molecule has 1 nitrogen and oxygen atoms in total. The summed E-state index contributed by atoms with van der Waals surface area (Å²) < 4.78 is 34.1. The van der Waals surface area contributed by atoms with Gasteiger partial charge in [0.2, 0.25) is 5.82 Å². The topological polar surface area (TPSA) is 9.23 Å². The van der Waals surface area contributed by atoms with Gasteiger partial charge in [-0.15, -0.1) is 0 Å². The minimum Gasteiger partial charge on any atom is -0.462 e. The Balaban J connectivity index is 1.35. The Labute approximate surface area is 198 Å². The second-order valence-electron chi connectivity index (χ2n) is 10.1. The van der Waals surface area contributed by atoms with Crippen molar-refractivity contribution in [3.05, 3.63) is 65.9 Å². The Hall–Kier alpha value is -2.16. The number of allylic oxidation sites excluding steroid dienone is 1. The molecule has 4 rings (SSSR count). The van der Waals surface area contributed by atoms with Gasteiger partial charge in [-0.2, -0.15) is 4.39 Å². The van der Waals surface area contributed by atoms with E-state index in [2.05, 4.69) is 19.1 Å². The van der Waals surface area contributed by atoms with Gasteiger partial charge in [0.25, 0.3) is 0 Å². The zero-order valence-electron chi connectivity index (χ0n) is 20.2. The summed E-state index contributed by atoms with van der Waals surface area (Å²) in [5.74, 6) is 1.51. The first kappa shape index (κ1) is 24.0. The van der Waals surface area contributed by atoms with Crippen molar-refractivity contribution in [2.75, 3.05) is 0 Å². The van der Waals surface area contributed by atoms with Crippen LogP contribution in [0.3, 0.4) is 0 Å². The van der Waals surface area contributed by atoms with Crippen molar-refractivity contribution in [2.45, 2.75) is 84.0 Å². The van der Waals surface area contributed by atoms with Crippen molar-refractivity contribution < 1.29 is 13.5 Å². The molecule has 0 saturated heterocycles. The van der Waals surface area contributed by atoms with Gasteiger partial charge in [-0.1, -0.05) is 62.9 Å². The molecular weight excluding hydrogens is 414 g/mol. The highest BCUT2D eigenvalue weighted by Crippen LogP contribution is 2.44. The van der Waals surface area contributed by atoms with Gasteiger partial charge >= 0.3 is 0 Å². The van der Waals surface area contributed by atoms with Gasteiger partial charge in [0.15, 0.2) is 11.6 Å². The maximum absolute atomic E-state index is 14.6. The summed E-state index contributed by atoms with van der Waals surface area (Å²) in [6.07, 6.45) is 16.7. The van der Waals surface area contributed by atoms with E-state index in [0.717, 1.165) is 17.8 Å². The van der Waals surface area contributed by atoms with Crippen LogP contribution in [0.2, 0.25) is 0 Å². The molecular formula is C30H38F2O. The summed E-state index contributed by atoms with van der Waals surface area (Å²) in [5.41, 5.74) is 2.30. The third kappa shape index (κ3) is 5.67. The van der Waals surface area contributed by atoms with Crippen molar-refractivity contribution in [3.63, 3.8) is 0 Å². The lowest BCUT2D eigenvalue weighted by Gasteiger charge is -2.38. The van der Waals surface area contributed by atoms with E-state index >= 15 is 0 Å². The second-order valence-corrected chi connectivity index (χ2v) is 10.1.